The highest BCUT2D eigenvalue weighted by atomic mass is 35.5. The van der Waals surface area contributed by atoms with Gasteiger partial charge in [0.1, 0.15) is 11.5 Å². The summed E-state index contributed by atoms with van der Waals surface area (Å²) in [6.07, 6.45) is 3.21. The summed E-state index contributed by atoms with van der Waals surface area (Å²) in [6, 6.07) is 12.3. The Morgan fingerprint density at radius 3 is 2.20 bits per heavy atom. The van der Waals surface area contributed by atoms with Crippen molar-refractivity contribution in [1.82, 2.24) is 4.90 Å². The number of anilines is 1. The normalized spacial score (nSPS) is 11.0. The van der Waals surface area contributed by atoms with E-state index in [4.69, 9.17) is 32.0 Å². The van der Waals surface area contributed by atoms with E-state index in [0.717, 1.165) is 11.5 Å². The average Bonchev–Trinajstić information content (AvgIpc) is 3.25. The third-order valence-electron chi connectivity index (χ3n) is 3.49. The first kappa shape index (κ1) is 17.6. The van der Waals surface area contributed by atoms with E-state index in [2.05, 4.69) is 5.32 Å². The van der Waals surface area contributed by atoms with Crippen molar-refractivity contribution in [2.75, 3.05) is 11.9 Å². The molecule has 1 N–H and O–H groups in total. The van der Waals surface area contributed by atoms with Crippen molar-refractivity contribution in [3.05, 3.63) is 76.6 Å². The van der Waals surface area contributed by atoms with Gasteiger partial charge >= 0.3 is 0 Å². The van der Waals surface area contributed by atoms with E-state index in [1.807, 2.05) is 29.2 Å². The van der Waals surface area contributed by atoms with Crippen LogP contribution >= 0.6 is 23.2 Å². The predicted molar refractivity (Wildman–Crippen MR) is 96.6 cm³/mol. The summed E-state index contributed by atoms with van der Waals surface area (Å²) in [7, 11) is 0. The van der Waals surface area contributed by atoms with Gasteiger partial charge in [-0.2, -0.15) is 0 Å². The molecular weight excluding hydrogens is 363 g/mol. The number of rotatable bonds is 7. The number of benzene rings is 1. The van der Waals surface area contributed by atoms with Crippen LogP contribution in [0, 0.1) is 0 Å². The number of amides is 1. The largest absolute Gasteiger partial charge is 0.468 e. The Morgan fingerprint density at radius 2 is 1.64 bits per heavy atom. The van der Waals surface area contributed by atoms with Crippen LogP contribution in [0.3, 0.4) is 0 Å². The lowest BCUT2D eigenvalue weighted by Gasteiger charge is -2.19. The second-order valence-electron chi connectivity index (χ2n) is 5.48. The first-order valence-corrected chi connectivity index (χ1v) is 8.38. The van der Waals surface area contributed by atoms with E-state index in [-0.39, 0.29) is 12.5 Å². The van der Waals surface area contributed by atoms with Gasteiger partial charge in [0.25, 0.3) is 0 Å². The quantitative estimate of drug-likeness (QED) is 0.640. The lowest BCUT2D eigenvalue weighted by molar-refractivity contribution is -0.117. The predicted octanol–water partition coefficient (Wildman–Crippen LogP) is 4.82. The van der Waals surface area contributed by atoms with E-state index >= 15 is 0 Å². The van der Waals surface area contributed by atoms with Gasteiger partial charge < -0.3 is 14.2 Å². The maximum Gasteiger partial charge on any atom is 0.238 e. The van der Waals surface area contributed by atoms with Crippen LogP contribution in [0.1, 0.15) is 11.5 Å². The van der Waals surface area contributed by atoms with Crippen LogP contribution in [0.25, 0.3) is 0 Å². The molecule has 3 aromatic rings. The molecule has 3 rings (SSSR count). The summed E-state index contributed by atoms with van der Waals surface area (Å²) >= 11 is 12.0. The number of halogens is 2. The molecule has 0 radical (unpaired) electrons. The molecule has 1 aromatic carbocycles. The molecule has 0 aliphatic carbocycles. The van der Waals surface area contributed by atoms with Gasteiger partial charge in [-0.15, -0.1) is 0 Å². The van der Waals surface area contributed by atoms with Gasteiger partial charge in [-0.3, -0.25) is 9.69 Å². The second-order valence-corrected chi connectivity index (χ2v) is 6.32. The number of carbonyl (C=O) groups excluding carboxylic acids is 1. The van der Waals surface area contributed by atoms with Crippen molar-refractivity contribution in [3.8, 4) is 0 Å². The lowest BCUT2D eigenvalue weighted by atomic mass is 10.3. The molecule has 0 bridgehead atoms. The second kappa shape index (κ2) is 8.25. The maximum atomic E-state index is 12.4. The van der Waals surface area contributed by atoms with Crippen molar-refractivity contribution in [2.24, 2.45) is 0 Å². The summed E-state index contributed by atoms with van der Waals surface area (Å²) in [5, 5.41) is 3.72. The van der Waals surface area contributed by atoms with E-state index in [0.29, 0.717) is 28.8 Å². The number of furan rings is 2. The van der Waals surface area contributed by atoms with Gasteiger partial charge in [0.05, 0.1) is 42.9 Å². The summed E-state index contributed by atoms with van der Waals surface area (Å²) < 4.78 is 10.8. The van der Waals surface area contributed by atoms with E-state index < -0.39 is 0 Å². The number of hydrogen-bond acceptors (Lipinski definition) is 4. The third kappa shape index (κ3) is 5.13. The van der Waals surface area contributed by atoms with Crippen LogP contribution in [-0.2, 0) is 17.9 Å². The minimum Gasteiger partial charge on any atom is -0.468 e. The molecular formula is C18H16Cl2N2O3. The average molecular weight is 379 g/mol. The Labute approximate surface area is 155 Å². The minimum absolute atomic E-state index is 0.143. The molecule has 0 atom stereocenters. The van der Waals surface area contributed by atoms with Crippen LogP contribution in [0.4, 0.5) is 5.69 Å². The Bertz CT molecular complexity index is 781. The van der Waals surface area contributed by atoms with E-state index in [1.165, 1.54) is 0 Å². The van der Waals surface area contributed by atoms with Crippen LogP contribution in [-0.4, -0.2) is 17.4 Å². The number of carbonyl (C=O) groups is 1. The summed E-state index contributed by atoms with van der Waals surface area (Å²) in [5.41, 5.74) is 0.482. The number of hydrogen-bond donors (Lipinski definition) is 1. The highest BCUT2D eigenvalue weighted by Gasteiger charge is 2.16. The van der Waals surface area contributed by atoms with E-state index in [9.17, 15) is 4.79 Å². The maximum absolute atomic E-state index is 12.4. The fourth-order valence-electron chi connectivity index (χ4n) is 2.40. The Hall–Kier alpha value is -2.21. The smallest absolute Gasteiger partial charge is 0.238 e. The van der Waals surface area contributed by atoms with E-state index in [1.54, 1.807) is 30.7 Å². The molecule has 130 valence electrons. The van der Waals surface area contributed by atoms with Gasteiger partial charge in [0, 0.05) is 5.02 Å². The number of nitrogens with one attached hydrogen (secondary N) is 1. The van der Waals surface area contributed by atoms with Crippen molar-refractivity contribution < 1.29 is 13.6 Å². The minimum atomic E-state index is -0.206. The van der Waals surface area contributed by atoms with Crippen LogP contribution < -0.4 is 5.32 Å². The van der Waals surface area contributed by atoms with Gasteiger partial charge in [0.15, 0.2) is 0 Å². The highest BCUT2D eigenvalue weighted by molar-refractivity contribution is 6.35. The molecule has 0 saturated heterocycles. The molecule has 0 fully saturated rings. The van der Waals surface area contributed by atoms with Crippen molar-refractivity contribution in [2.45, 2.75) is 13.1 Å². The topological polar surface area (TPSA) is 58.6 Å². The van der Waals surface area contributed by atoms with Gasteiger partial charge in [0.2, 0.25) is 5.91 Å². The summed E-state index contributed by atoms with van der Waals surface area (Å²) in [5.74, 6) is 1.32. The molecule has 0 saturated carbocycles. The molecule has 0 spiro atoms. The van der Waals surface area contributed by atoms with Gasteiger partial charge in [-0.05, 0) is 42.5 Å². The third-order valence-corrected chi connectivity index (χ3v) is 4.05. The van der Waals surface area contributed by atoms with Crippen molar-refractivity contribution in [3.63, 3.8) is 0 Å². The highest BCUT2D eigenvalue weighted by Crippen LogP contribution is 2.25. The molecule has 0 aliphatic rings. The standard InChI is InChI=1S/C18H16Cl2N2O3/c19-13-5-6-16(20)17(9-13)21-18(23)12-22(10-14-3-1-7-24-14)11-15-4-2-8-25-15/h1-9H,10-12H2,(H,21,23). The first-order chi connectivity index (χ1) is 12.1. The molecule has 1 amide bonds. The summed E-state index contributed by atoms with van der Waals surface area (Å²) in [6.45, 7) is 1.10. The zero-order valence-electron chi connectivity index (χ0n) is 13.2. The first-order valence-electron chi connectivity index (χ1n) is 7.62. The molecule has 7 heteroatoms. The van der Waals surface area contributed by atoms with Gasteiger partial charge in [-0.1, -0.05) is 23.2 Å². The zero-order chi connectivity index (χ0) is 17.6. The molecule has 25 heavy (non-hydrogen) atoms. The molecule has 2 aromatic heterocycles. The van der Waals surface area contributed by atoms with Crippen molar-refractivity contribution >= 4 is 34.8 Å². The Kier molecular flexibility index (Phi) is 5.81. The Morgan fingerprint density at radius 1 is 1.00 bits per heavy atom. The Balaban J connectivity index is 1.67. The van der Waals surface area contributed by atoms with Crippen LogP contribution in [0.2, 0.25) is 10.0 Å². The molecule has 0 unspecified atom stereocenters. The molecule has 0 aliphatic heterocycles. The fourth-order valence-corrected chi connectivity index (χ4v) is 2.74. The zero-order valence-corrected chi connectivity index (χ0v) is 14.8. The summed E-state index contributed by atoms with van der Waals surface area (Å²) in [4.78, 5) is 14.3. The van der Waals surface area contributed by atoms with Crippen LogP contribution in [0.15, 0.2) is 63.8 Å². The fraction of sp³-hybridized carbons (Fsp3) is 0.167. The molecule has 5 nitrogen and oxygen atoms in total. The van der Waals surface area contributed by atoms with Crippen LogP contribution in [0.5, 0.6) is 0 Å². The van der Waals surface area contributed by atoms with Crippen molar-refractivity contribution in [1.29, 1.82) is 0 Å². The molecule has 2 heterocycles. The number of nitrogens with zero attached hydrogens (tertiary/aromatic N) is 1. The monoisotopic (exact) mass is 378 g/mol. The SMILES string of the molecule is O=C(CN(Cc1ccco1)Cc1ccco1)Nc1cc(Cl)ccc1Cl. The lowest BCUT2D eigenvalue weighted by Crippen LogP contribution is -2.32. The van der Waals surface area contributed by atoms with Gasteiger partial charge in [-0.25, -0.2) is 0 Å².